The number of halogens is 1. The van der Waals surface area contributed by atoms with Crippen molar-refractivity contribution in [2.45, 2.75) is 23.9 Å². The summed E-state index contributed by atoms with van der Waals surface area (Å²) >= 11 is 7.09. The molecule has 0 aliphatic heterocycles. The number of aromatic nitrogens is 3. The van der Waals surface area contributed by atoms with Crippen LogP contribution < -0.4 is 0 Å². The molecule has 0 spiro atoms. The topological polar surface area (TPSA) is 76.0 Å². The molecule has 2 aromatic heterocycles. The van der Waals surface area contributed by atoms with Gasteiger partial charge in [-0.25, -0.2) is 19.7 Å². The lowest BCUT2D eigenvalue weighted by Crippen LogP contribution is -2.05. The Morgan fingerprint density at radius 1 is 1.37 bits per heavy atom. The van der Waals surface area contributed by atoms with E-state index in [0.29, 0.717) is 20.6 Å². The van der Waals surface area contributed by atoms with E-state index in [1.54, 1.807) is 13.0 Å². The Kier molecular flexibility index (Phi) is 4.01. The molecule has 7 heteroatoms. The zero-order valence-corrected chi connectivity index (χ0v) is 11.8. The Balaban J connectivity index is 2.51. The summed E-state index contributed by atoms with van der Waals surface area (Å²) in [6, 6.07) is 1.73. The fraction of sp³-hybridized carbons (Fsp3) is 0.167. The van der Waals surface area contributed by atoms with Gasteiger partial charge in [0.05, 0.1) is 16.8 Å². The van der Waals surface area contributed by atoms with E-state index in [1.165, 1.54) is 12.5 Å². The Morgan fingerprint density at radius 2 is 2.11 bits per heavy atom. The standard InChI is InChI=1S/C12H10ClN3O2S/c1-6-3-7(2)16-11(9(6)12(17)18)19-10-8(13)4-14-5-15-10/h3-5H,1-2H3,(H,17,18). The van der Waals surface area contributed by atoms with Crippen LogP contribution in [0, 0.1) is 13.8 Å². The molecule has 5 nitrogen and oxygen atoms in total. The fourth-order valence-electron chi connectivity index (χ4n) is 1.60. The molecular weight excluding hydrogens is 286 g/mol. The third-order valence-corrected chi connectivity index (χ3v) is 3.75. The van der Waals surface area contributed by atoms with E-state index < -0.39 is 5.97 Å². The highest BCUT2D eigenvalue weighted by Crippen LogP contribution is 2.33. The number of pyridine rings is 1. The summed E-state index contributed by atoms with van der Waals surface area (Å²) in [5.74, 6) is -1.02. The van der Waals surface area contributed by atoms with Crippen LogP contribution in [0.15, 0.2) is 28.6 Å². The van der Waals surface area contributed by atoms with Gasteiger partial charge in [0.2, 0.25) is 0 Å². The van der Waals surface area contributed by atoms with Crippen molar-refractivity contribution in [3.8, 4) is 0 Å². The van der Waals surface area contributed by atoms with Crippen molar-refractivity contribution in [3.63, 3.8) is 0 Å². The number of carboxylic acids is 1. The van der Waals surface area contributed by atoms with Crippen LogP contribution in [0.2, 0.25) is 5.02 Å². The number of hydrogen-bond donors (Lipinski definition) is 1. The Morgan fingerprint density at radius 3 is 2.74 bits per heavy atom. The summed E-state index contributed by atoms with van der Waals surface area (Å²) in [7, 11) is 0. The van der Waals surface area contributed by atoms with Crippen molar-refractivity contribution in [1.29, 1.82) is 0 Å². The van der Waals surface area contributed by atoms with E-state index >= 15 is 0 Å². The lowest BCUT2D eigenvalue weighted by Gasteiger charge is -2.09. The summed E-state index contributed by atoms with van der Waals surface area (Å²) in [5.41, 5.74) is 1.58. The summed E-state index contributed by atoms with van der Waals surface area (Å²) < 4.78 is 0. The molecule has 0 radical (unpaired) electrons. The van der Waals surface area contributed by atoms with Gasteiger partial charge in [0.1, 0.15) is 16.4 Å². The van der Waals surface area contributed by atoms with Crippen LogP contribution in [0.4, 0.5) is 0 Å². The molecule has 1 N–H and O–H groups in total. The van der Waals surface area contributed by atoms with E-state index in [4.69, 9.17) is 11.6 Å². The van der Waals surface area contributed by atoms with E-state index in [-0.39, 0.29) is 5.56 Å². The quantitative estimate of drug-likeness (QED) is 0.877. The number of aryl methyl sites for hydroxylation is 2. The van der Waals surface area contributed by atoms with Gasteiger partial charge in [0.15, 0.2) is 0 Å². The van der Waals surface area contributed by atoms with Crippen molar-refractivity contribution < 1.29 is 9.90 Å². The second-order valence-electron chi connectivity index (χ2n) is 3.84. The second kappa shape index (κ2) is 5.54. The lowest BCUT2D eigenvalue weighted by molar-refractivity contribution is 0.0691. The van der Waals surface area contributed by atoms with Gasteiger partial charge in [-0.2, -0.15) is 0 Å². The molecule has 0 aromatic carbocycles. The van der Waals surface area contributed by atoms with Crippen LogP contribution in [0.25, 0.3) is 0 Å². The van der Waals surface area contributed by atoms with Crippen molar-refractivity contribution in [2.24, 2.45) is 0 Å². The van der Waals surface area contributed by atoms with Crippen molar-refractivity contribution in [3.05, 3.63) is 40.4 Å². The molecule has 0 saturated carbocycles. The number of hydrogen-bond acceptors (Lipinski definition) is 5. The Labute approximate surface area is 119 Å². The molecule has 2 aromatic rings. The number of carbonyl (C=O) groups is 1. The van der Waals surface area contributed by atoms with Gasteiger partial charge in [-0.15, -0.1) is 0 Å². The summed E-state index contributed by atoms with van der Waals surface area (Å²) in [6.07, 6.45) is 2.82. The first-order valence-corrected chi connectivity index (χ1v) is 6.53. The molecule has 0 amide bonds. The zero-order valence-electron chi connectivity index (χ0n) is 10.2. The van der Waals surface area contributed by atoms with Crippen molar-refractivity contribution >= 4 is 29.3 Å². The molecule has 0 atom stereocenters. The average Bonchev–Trinajstić information content (AvgIpc) is 2.30. The average molecular weight is 296 g/mol. The van der Waals surface area contributed by atoms with Crippen LogP contribution in [0.3, 0.4) is 0 Å². The van der Waals surface area contributed by atoms with Gasteiger partial charge in [-0.1, -0.05) is 11.6 Å². The lowest BCUT2D eigenvalue weighted by atomic mass is 10.1. The third kappa shape index (κ3) is 3.02. The Bertz CT molecular complexity index is 649. The van der Waals surface area contributed by atoms with Crippen molar-refractivity contribution in [2.75, 3.05) is 0 Å². The summed E-state index contributed by atoms with van der Waals surface area (Å²) in [6.45, 7) is 3.55. The van der Waals surface area contributed by atoms with Crippen LogP contribution >= 0.6 is 23.4 Å². The molecule has 0 unspecified atom stereocenters. The third-order valence-electron chi connectivity index (χ3n) is 2.35. The first-order valence-electron chi connectivity index (χ1n) is 5.34. The van der Waals surface area contributed by atoms with Crippen LogP contribution in [-0.2, 0) is 0 Å². The maximum atomic E-state index is 11.3. The predicted octanol–water partition coefficient (Wildman–Crippen LogP) is 2.99. The number of nitrogens with zero attached hydrogens (tertiary/aromatic N) is 3. The molecule has 0 saturated heterocycles. The molecule has 0 aliphatic carbocycles. The molecule has 0 fully saturated rings. The van der Waals surface area contributed by atoms with Gasteiger partial charge in [0, 0.05) is 5.69 Å². The highest BCUT2D eigenvalue weighted by atomic mass is 35.5. The molecular formula is C12H10ClN3O2S. The minimum Gasteiger partial charge on any atom is -0.478 e. The smallest absolute Gasteiger partial charge is 0.338 e. The van der Waals surface area contributed by atoms with E-state index in [1.807, 2.05) is 6.92 Å². The monoisotopic (exact) mass is 295 g/mol. The highest BCUT2D eigenvalue weighted by molar-refractivity contribution is 7.99. The number of carboxylic acid groups (broad SMARTS) is 1. The number of rotatable bonds is 3. The number of aromatic carboxylic acids is 1. The first-order chi connectivity index (χ1) is 8.99. The fourth-order valence-corrected chi connectivity index (χ4v) is 2.80. The van der Waals surface area contributed by atoms with E-state index in [9.17, 15) is 9.90 Å². The molecule has 0 aliphatic rings. The maximum absolute atomic E-state index is 11.3. The zero-order chi connectivity index (χ0) is 14.0. The van der Waals surface area contributed by atoms with Gasteiger partial charge in [-0.05, 0) is 37.2 Å². The van der Waals surface area contributed by atoms with Gasteiger partial charge < -0.3 is 5.11 Å². The summed E-state index contributed by atoms with van der Waals surface area (Å²) in [5, 5.41) is 10.5. The SMILES string of the molecule is Cc1cc(C)c(C(=O)O)c(Sc2ncncc2Cl)n1. The van der Waals surface area contributed by atoms with Crippen molar-refractivity contribution in [1.82, 2.24) is 15.0 Å². The normalized spacial score (nSPS) is 10.5. The van der Waals surface area contributed by atoms with E-state index in [2.05, 4.69) is 15.0 Å². The molecule has 2 heterocycles. The largest absolute Gasteiger partial charge is 0.478 e. The summed E-state index contributed by atoms with van der Waals surface area (Å²) in [4.78, 5) is 23.4. The first kappa shape index (κ1) is 13.8. The Hall–Kier alpha value is -1.66. The van der Waals surface area contributed by atoms with Gasteiger partial charge >= 0.3 is 5.97 Å². The molecule has 19 heavy (non-hydrogen) atoms. The highest BCUT2D eigenvalue weighted by Gasteiger charge is 2.18. The van der Waals surface area contributed by atoms with Gasteiger partial charge in [-0.3, -0.25) is 0 Å². The van der Waals surface area contributed by atoms with Crippen LogP contribution in [0.5, 0.6) is 0 Å². The van der Waals surface area contributed by atoms with Gasteiger partial charge in [0.25, 0.3) is 0 Å². The second-order valence-corrected chi connectivity index (χ2v) is 5.23. The predicted molar refractivity (Wildman–Crippen MR) is 71.8 cm³/mol. The molecule has 2 rings (SSSR count). The van der Waals surface area contributed by atoms with Crippen LogP contribution in [-0.4, -0.2) is 26.0 Å². The van der Waals surface area contributed by atoms with E-state index in [0.717, 1.165) is 17.5 Å². The molecule has 98 valence electrons. The van der Waals surface area contributed by atoms with Crippen LogP contribution in [0.1, 0.15) is 21.6 Å². The molecule has 0 bridgehead atoms. The maximum Gasteiger partial charge on any atom is 0.338 e. The minimum atomic E-state index is -1.02. The minimum absolute atomic E-state index is 0.172.